The number of aryl methyl sites for hydroxylation is 1. The molecule has 0 spiro atoms. The number of nitrogens with one attached hydrogen (secondary N) is 1. The van der Waals surface area contributed by atoms with Gasteiger partial charge in [0.2, 0.25) is 5.82 Å². The first kappa shape index (κ1) is 27.1. The van der Waals surface area contributed by atoms with Crippen molar-refractivity contribution >= 4 is 11.9 Å². The number of carboxylic acids is 1. The number of fused-ring (bicyclic) bond motifs is 1. The molecule has 1 amide bonds. The SMILES string of the molecule is CCCCc1nc2c(n1Cc1ccc(-c3ccccc3-c3nn[nH]n3)cc1)C(C(=O)O)N(C(=O)c1ccccc1)CC2. The molecule has 2 N–H and O–H groups in total. The van der Waals surface area contributed by atoms with E-state index < -0.39 is 12.0 Å². The summed E-state index contributed by atoms with van der Waals surface area (Å²) in [4.78, 5) is 32.6. The van der Waals surface area contributed by atoms with Crippen LogP contribution < -0.4 is 0 Å². The molecule has 42 heavy (non-hydrogen) atoms. The van der Waals surface area contributed by atoms with Crippen molar-refractivity contribution in [2.24, 2.45) is 0 Å². The van der Waals surface area contributed by atoms with E-state index in [1.54, 1.807) is 24.3 Å². The van der Waals surface area contributed by atoms with Crippen LogP contribution >= 0.6 is 0 Å². The second kappa shape index (κ2) is 11.8. The molecule has 3 aromatic carbocycles. The van der Waals surface area contributed by atoms with Gasteiger partial charge in [0.25, 0.3) is 5.91 Å². The van der Waals surface area contributed by atoms with Gasteiger partial charge in [0.05, 0.1) is 11.4 Å². The van der Waals surface area contributed by atoms with E-state index in [0.717, 1.165) is 53.0 Å². The fraction of sp³-hybridized carbons (Fsp3) is 0.250. The third-order valence-electron chi connectivity index (χ3n) is 7.71. The third kappa shape index (κ3) is 5.18. The molecule has 10 nitrogen and oxygen atoms in total. The number of unbranched alkanes of at least 4 members (excludes halogenated alkanes) is 1. The minimum atomic E-state index is -1.12. The van der Waals surface area contributed by atoms with Crippen LogP contribution in [0.25, 0.3) is 22.5 Å². The van der Waals surface area contributed by atoms with Gasteiger partial charge in [-0.05, 0) is 40.5 Å². The van der Waals surface area contributed by atoms with Crippen molar-refractivity contribution in [2.75, 3.05) is 6.54 Å². The van der Waals surface area contributed by atoms with Crippen LogP contribution in [0, 0.1) is 0 Å². The molecule has 1 unspecified atom stereocenters. The van der Waals surface area contributed by atoms with Crippen LogP contribution in [0.15, 0.2) is 78.9 Å². The predicted octanol–water partition coefficient (Wildman–Crippen LogP) is 4.95. The van der Waals surface area contributed by atoms with Gasteiger partial charge in [-0.2, -0.15) is 5.21 Å². The van der Waals surface area contributed by atoms with Crippen molar-refractivity contribution in [1.82, 2.24) is 35.1 Å². The fourth-order valence-corrected chi connectivity index (χ4v) is 5.66. The Bertz CT molecular complexity index is 1700. The average molecular weight is 562 g/mol. The summed E-state index contributed by atoms with van der Waals surface area (Å²) < 4.78 is 2.02. The van der Waals surface area contributed by atoms with Crippen molar-refractivity contribution in [3.8, 4) is 22.5 Å². The highest BCUT2D eigenvalue weighted by Gasteiger charge is 2.40. The molecule has 212 valence electrons. The van der Waals surface area contributed by atoms with E-state index in [0.29, 0.717) is 36.6 Å². The number of hydrogen-bond acceptors (Lipinski definition) is 6. The Hall–Kier alpha value is -5.12. The normalized spacial score (nSPS) is 14.5. The van der Waals surface area contributed by atoms with E-state index in [9.17, 15) is 14.7 Å². The number of benzene rings is 3. The Balaban J connectivity index is 1.35. The quantitative estimate of drug-likeness (QED) is 0.261. The maximum absolute atomic E-state index is 13.5. The summed E-state index contributed by atoms with van der Waals surface area (Å²) >= 11 is 0. The zero-order valence-electron chi connectivity index (χ0n) is 23.3. The molecule has 0 bridgehead atoms. The van der Waals surface area contributed by atoms with Gasteiger partial charge in [0.15, 0.2) is 6.04 Å². The van der Waals surface area contributed by atoms with Crippen molar-refractivity contribution in [3.63, 3.8) is 0 Å². The highest BCUT2D eigenvalue weighted by Crippen LogP contribution is 2.34. The van der Waals surface area contributed by atoms with Gasteiger partial charge in [0.1, 0.15) is 5.82 Å². The van der Waals surface area contributed by atoms with Gasteiger partial charge in [-0.3, -0.25) is 4.79 Å². The lowest BCUT2D eigenvalue weighted by Crippen LogP contribution is -2.44. The molecule has 0 saturated carbocycles. The lowest BCUT2D eigenvalue weighted by Gasteiger charge is -2.34. The van der Waals surface area contributed by atoms with Crippen LogP contribution in [0.1, 0.15) is 58.9 Å². The predicted molar refractivity (Wildman–Crippen MR) is 157 cm³/mol. The van der Waals surface area contributed by atoms with Gasteiger partial charge >= 0.3 is 5.97 Å². The lowest BCUT2D eigenvalue weighted by atomic mass is 9.98. The van der Waals surface area contributed by atoms with Crippen LogP contribution in [-0.4, -0.2) is 58.6 Å². The zero-order valence-corrected chi connectivity index (χ0v) is 23.3. The fourth-order valence-electron chi connectivity index (χ4n) is 5.66. The molecule has 6 rings (SSSR count). The van der Waals surface area contributed by atoms with Crippen LogP contribution in [-0.2, 0) is 24.2 Å². The van der Waals surface area contributed by atoms with Crippen molar-refractivity contribution < 1.29 is 14.7 Å². The van der Waals surface area contributed by atoms with Crippen LogP contribution in [0.2, 0.25) is 0 Å². The largest absolute Gasteiger partial charge is 0.479 e. The third-order valence-corrected chi connectivity index (χ3v) is 7.71. The summed E-state index contributed by atoms with van der Waals surface area (Å²) in [7, 11) is 0. The number of H-pyrrole nitrogens is 1. The molecule has 0 saturated heterocycles. The Labute approximate surface area is 243 Å². The van der Waals surface area contributed by atoms with E-state index in [2.05, 4.69) is 27.5 Å². The van der Waals surface area contributed by atoms with Gasteiger partial charge in [-0.15, -0.1) is 10.2 Å². The molecular formula is C32H31N7O3. The summed E-state index contributed by atoms with van der Waals surface area (Å²) in [6, 6.07) is 23.8. The van der Waals surface area contributed by atoms with Crippen molar-refractivity contribution in [1.29, 1.82) is 0 Å². The van der Waals surface area contributed by atoms with Gasteiger partial charge in [0, 0.05) is 37.1 Å². The van der Waals surface area contributed by atoms with E-state index in [1.165, 1.54) is 4.90 Å². The maximum Gasteiger partial charge on any atom is 0.332 e. The standard InChI is InChI=1S/C32H31N7O3/c1-2-3-13-27-33-26-18-19-38(31(40)23-9-5-4-6-10-23)29(32(41)42)28(26)39(27)20-21-14-16-22(17-15-21)24-11-7-8-12-25(24)30-34-36-37-35-30/h4-12,14-17,29H,2-3,13,18-20H2,1H3,(H,41,42)(H,34,35,36,37). The van der Waals surface area contributed by atoms with Gasteiger partial charge in [-0.1, -0.05) is 80.1 Å². The van der Waals surface area contributed by atoms with Gasteiger partial charge < -0.3 is 14.6 Å². The Morgan fingerprint density at radius 1 is 0.976 bits per heavy atom. The number of aliphatic carboxylic acids is 1. The molecule has 3 heterocycles. The average Bonchev–Trinajstić information content (AvgIpc) is 3.69. The summed E-state index contributed by atoms with van der Waals surface area (Å²) in [5, 5.41) is 24.9. The van der Waals surface area contributed by atoms with Gasteiger partial charge in [-0.25, -0.2) is 9.78 Å². The molecule has 10 heteroatoms. The molecule has 1 aliphatic heterocycles. The number of carboxylic acid groups (broad SMARTS) is 1. The topological polar surface area (TPSA) is 130 Å². The summed E-state index contributed by atoms with van der Waals surface area (Å²) in [6.45, 7) is 2.88. The molecular weight excluding hydrogens is 530 g/mol. The molecule has 0 radical (unpaired) electrons. The number of carbonyl (C=O) groups excluding carboxylic acids is 1. The lowest BCUT2D eigenvalue weighted by molar-refractivity contribution is -0.143. The smallest absolute Gasteiger partial charge is 0.332 e. The number of rotatable bonds is 9. The number of carbonyl (C=O) groups is 2. The molecule has 1 aliphatic rings. The van der Waals surface area contributed by atoms with E-state index >= 15 is 0 Å². The van der Waals surface area contributed by atoms with Crippen LogP contribution in [0.4, 0.5) is 0 Å². The Morgan fingerprint density at radius 2 is 1.71 bits per heavy atom. The van der Waals surface area contributed by atoms with Crippen molar-refractivity contribution in [3.05, 3.63) is 107 Å². The first-order valence-electron chi connectivity index (χ1n) is 14.1. The van der Waals surface area contributed by atoms with E-state index in [-0.39, 0.29) is 5.91 Å². The van der Waals surface area contributed by atoms with E-state index in [4.69, 9.17) is 4.98 Å². The van der Waals surface area contributed by atoms with Crippen LogP contribution in [0.3, 0.4) is 0 Å². The highest BCUT2D eigenvalue weighted by molar-refractivity contribution is 5.97. The number of hydrogen-bond donors (Lipinski definition) is 2. The molecule has 2 aromatic heterocycles. The first-order chi connectivity index (χ1) is 20.5. The number of aromatic nitrogens is 6. The summed E-state index contributed by atoms with van der Waals surface area (Å²) in [6.07, 6.45) is 3.17. The number of tetrazole rings is 1. The minimum Gasteiger partial charge on any atom is -0.479 e. The Kier molecular flexibility index (Phi) is 7.59. The molecule has 1 atom stereocenters. The number of amides is 1. The molecule has 5 aromatic rings. The highest BCUT2D eigenvalue weighted by atomic mass is 16.4. The Morgan fingerprint density at radius 3 is 2.40 bits per heavy atom. The number of aromatic amines is 1. The molecule has 0 fully saturated rings. The monoisotopic (exact) mass is 561 g/mol. The first-order valence-corrected chi connectivity index (χ1v) is 14.1. The van der Waals surface area contributed by atoms with Crippen molar-refractivity contribution in [2.45, 2.75) is 45.2 Å². The maximum atomic E-state index is 13.5. The second-order valence-corrected chi connectivity index (χ2v) is 10.4. The minimum absolute atomic E-state index is 0.291. The van der Waals surface area contributed by atoms with E-state index in [1.807, 2.05) is 59.2 Å². The number of imidazole rings is 1. The summed E-state index contributed by atoms with van der Waals surface area (Å²) in [5.74, 6) is 0.0289. The number of nitrogens with zero attached hydrogens (tertiary/aromatic N) is 6. The van der Waals surface area contributed by atoms with Crippen LogP contribution in [0.5, 0.6) is 0 Å². The second-order valence-electron chi connectivity index (χ2n) is 10.4. The summed E-state index contributed by atoms with van der Waals surface area (Å²) in [5.41, 5.74) is 5.69. The molecule has 0 aliphatic carbocycles. The zero-order chi connectivity index (χ0) is 29.1.